The lowest BCUT2D eigenvalue weighted by Crippen LogP contribution is -2.21. The molecule has 2 rings (SSSR count). The molecule has 0 aliphatic carbocycles. The van der Waals surface area contributed by atoms with Gasteiger partial charge >= 0.3 is 0 Å². The minimum Gasteiger partial charge on any atom is -0.302 e. The molecular formula is C17H18ClNO. The van der Waals surface area contributed by atoms with E-state index in [2.05, 4.69) is 4.90 Å². The average Bonchev–Trinajstić information content (AvgIpc) is 2.48. The maximum absolute atomic E-state index is 12.0. The van der Waals surface area contributed by atoms with Crippen LogP contribution in [0.5, 0.6) is 0 Å². The molecule has 2 aromatic rings. The predicted octanol–water partition coefficient (Wildman–Crippen LogP) is 4.04. The number of carbonyl (C=O) groups excluding carboxylic acids is 1. The zero-order chi connectivity index (χ0) is 14.4. The van der Waals surface area contributed by atoms with Gasteiger partial charge < -0.3 is 4.90 Å². The monoisotopic (exact) mass is 287 g/mol. The van der Waals surface area contributed by atoms with Crippen molar-refractivity contribution in [3.8, 4) is 0 Å². The third kappa shape index (κ3) is 4.48. The maximum Gasteiger partial charge on any atom is 0.164 e. The highest BCUT2D eigenvalue weighted by Gasteiger charge is 2.07. The van der Waals surface area contributed by atoms with Crippen molar-refractivity contribution in [2.45, 2.75) is 13.0 Å². The third-order valence-electron chi connectivity index (χ3n) is 3.18. The first-order valence-electron chi connectivity index (χ1n) is 6.66. The van der Waals surface area contributed by atoms with Crippen molar-refractivity contribution in [3.05, 3.63) is 70.7 Å². The van der Waals surface area contributed by atoms with Crippen molar-refractivity contribution in [1.82, 2.24) is 4.90 Å². The maximum atomic E-state index is 12.0. The lowest BCUT2D eigenvalue weighted by Gasteiger charge is -2.16. The van der Waals surface area contributed by atoms with Crippen LogP contribution >= 0.6 is 11.6 Å². The summed E-state index contributed by atoms with van der Waals surface area (Å²) in [5, 5.41) is 0.746. The number of nitrogens with zero attached hydrogens (tertiary/aromatic N) is 1. The Bertz CT molecular complexity index is 551. The van der Waals surface area contributed by atoms with Gasteiger partial charge in [-0.1, -0.05) is 54.1 Å². The van der Waals surface area contributed by atoms with Crippen molar-refractivity contribution in [2.75, 3.05) is 13.6 Å². The van der Waals surface area contributed by atoms with Crippen molar-refractivity contribution < 1.29 is 4.79 Å². The molecular weight excluding hydrogens is 270 g/mol. The van der Waals surface area contributed by atoms with Crippen LogP contribution in [0, 0.1) is 0 Å². The lowest BCUT2D eigenvalue weighted by molar-refractivity contribution is 0.0968. The molecule has 2 nitrogen and oxygen atoms in total. The summed E-state index contributed by atoms with van der Waals surface area (Å²) in [4.78, 5) is 14.1. The fraction of sp³-hybridized carbons (Fsp3) is 0.235. The molecule has 0 aliphatic heterocycles. The van der Waals surface area contributed by atoms with Crippen LogP contribution in [0.3, 0.4) is 0 Å². The summed E-state index contributed by atoms with van der Waals surface area (Å²) < 4.78 is 0. The molecule has 104 valence electrons. The van der Waals surface area contributed by atoms with E-state index in [1.807, 2.05) is 61.6 Å². The van der Waals surface area contributed by atoms with Crippen LogP contribution in [0.1, 0.15) is 22.3 Å². The first-order chi connectivity index (χ1) is 9.65. The summed E-state index contributed by atoms with van der Waals surface area (Å²) >= 11 is 5.86. The van der Waals surface area contributed by atoms with Gasteiger partial charge in [0.15, 0.2) is 5.78 Å². The number of hydrogen-bond donors (Lipinski definition) is 0. The van der Waals surface area contributed by atoms with Crippen LogP contribution in [0.15, 0.2) is 54.6 Å². The molecule has 0 saturated heterocycles. The smallest absolute Gasteiger partial charge is 0.164 e. The van der Waals surface area contributed by atoms with E-state index in [1.54, 1.807) is 0 Å². The van der Waals surface area contributed by atoms with Crippen molar-refractivity contribution in [2.24, 2.45) is 0 Å². The van der Waals surface area contributed by atoms with Gasteiger partial charge in [0.25, 0.3) is 0 Å². The topological polar surface area (TPSA) is 20.3 Å². The largest absolute Gasteiger partial charge is 0.302 e. The zero-order valence-electron chi connectivity index (χ0n) is 11.6. The van der Waals surface area contributed by atoms with E-state index in [1.165, 1.54) is 5.56 Å². The summed E-state index contributed by atoms with van der Waals surface area (Å²) in [7, 11) is 2.02. The van der Waals surface area contributed by atoms with Gasteiger partial charge in [0.05, 0.1) is 0 Å². The number of Topliss-reactive ketones (excluding diaryl/α,β-unsaturated/α-hetero) is 1. The first-order valence-corrected chi connectivity index (χ1v) is 7.04. The number of hydrogen-bond acceptors (Lipinski definition) is 2. The van der Waals surface area contributed by atoms with E-state index in [0.29, 0.717) is 6.42 Å². The molecule has 0 N–H and O–H groups in total. The fourth-order valence-electron chi connectivity index (χ4n) is 2.04. The van der Waals surface area contributed by atoms with Crippen LogP contribution in [0.2, 0.25) is 5.02 Å². The molecule has 0 unspecified atom stereocenters. The molecule has 0 aliphatic rings. The summed E-state index contributed by atoms with van der Waals surface area (Å²) in [5.41, 5.74) is 1.98. The normalized spacial score (nSPS) is 10.8. The highest BCUT2D eigenvalue weighted by atomic mass is 35.5. The quantitative estimate of drug-likeness (QED) is 0.747. The number of ketones is 1. The average molecular weight is 288 g/mol. The Labute approximate surface area is 125 Å². The Morgan fingerprint density at radius 2 is 1.70 bits per heavy atom. The van der Waals surface area contributed by atoms with Gasteiger partial charge in [-0.05, 0) is 24.7 Å². The van der Waals surface area contributed by atoms with Crippen molar-refractivity contribution in [3.63, 3.8) is 0 Å². The Morgan fingerprint density at radius 1 is 1.05 bits per heavy atom. The van der Waals surface area contributed by atoms with Gasteiger partial charge in [-0.2, -0.15) is 0 Å². The van der Waals surface area contributed by atoms with Crippen molar-refractivity contribution in [1.29, 1.82) is 0 Å². The number of carbonyl (C=O) groups is 1. The van der Waals surface area contributed by atoms with Crippen molar-refractivity contribution >= 4 is 17.4 Å². The Kier molecular flexibility index (Phi) is 5.33. The molecule has 0 fully saturated rings. The fourth-order valence-corrected chi connectivity index (χ4v) is 2.17. The Balaban J connectivity index is 1.82. The summed E-state index contributed by atoms with van der Waals surface area (Å²) in [6.45, 7) is 1.57. The Morgan fingerprint density at radius 3 is 2.35 bits per heavy atom. The van der Waals surface area contributed by atoms with E-state index >= 15 is 0 Å². The van der Waals surface area contributed by atoms with E-state index in [0.717, 1.165) is 23.7 Å². The number of halogens is 1. The van der Waals surface area contributed by atoms with E-state index in [9.17, 15) is 4.79 Å². The number of rotatable bonds is 6. The van der Waals surface area contributed by atoms with Crippen LogP contribution in [-0.4, -0.2) is 24.3 Å². The molecule has 0 spiro atoms. The summed E-state index contributed by atoms with van der Waals surface area (Å²) in [6.07, 6.45) is 0.536. The van der Waals surface area contributed by atoms with Gasteiger partial charge in [0.1, 0.15) is 0 Å². The van der Waals surface area contributed by atoms with Crippen LogP contribution in [0.25, 0.3) is 0 Å². The molecule has 0 radical (unpaired) electrons. The SMILES string of the molecule is CN(CCC(=O)c1ccccc1)Cc1ccc(Cl)cc1. The van der Waals surface area contributed by atoms with Gasteiger partial charge in [0.2, 0.25) is 0 Å². The minimum atomic E-state index is 0.188. The van der Waals surface area contributed by atoms with Crippen LogP contribution in [-0.2, 0) is 6.54 Å². The van der Waals surface area contributed by atoms with E-state index in [-0.39, 0.29) is 5.78 Å². The molecule has 3 heteroatoms. The third-order valence-corrected chi connectivity index (χ3v) is 3.43. The second-order valence-corrected chi connectivity index (χ2v) is 5.34. The molecule has 0 aromatic heterocycles. The second kappa shape index (κ2) is 7.22. The molecule has 0 heterocycles. The van der Waals surface area contributed by atoms with Gasteiger partial charge in [-0.15, -0.1) is 0 Å². The molecule has 0 saturated carbocycles. The van der Waals surface area contributed by atoms with Gasteiger partial charge in [-0.3, -0.25) is 4.79 Å². The van der Waals surface area contributed by atoms with Gasteiger partial charge in [0, 0.05) is 30.1 Å². The van der Waals surface area contributed by atoms with E-state index in [4.69, 9.17) is 11.6 Å². The highest BCUT2D eigenvalue weighted by molar-refractivity contribution is 6.30. The predicted molar refractivity (Wildman–Crippen MR) is 83.2 cm³/mol. The molecule has 0 atom stereocenters. The number of benzene rings is 2. The standard InChI is InChI=1S/C17H18ClNO/c1-19(13-14-7-9-16(18)10-8-14)12-11-17(20)15-5-3-2-4-6-15/h2-10H,11-13H2,1H3. The zero-order valence-corrected chi connectivity index (χ0v) is 12.3. The molecule has 0 bridgehead atoms. The molecule has 20 heavy (non-hydrogen) atoms. The summed E-state index contributed by atoms with van der Waals surface area (Å²) in [6, 6.07) is 17.2. The highest BCUT2D eigenvalue weighted by Crippen LogP contribution is 2.11. The lowest BCUT2D eigenvalue weighted by atomic mass is 10.1. The second-order valence-electron chi connectivity index (χ2n) is 4.90. The van der Waals surface area contributed by atoms with Gasteiger partial charge in [-0.25, -0.2) is 0 Å². The van der Waals surface area contributed by atoms with E-state index < -0.39 is 0 Å². The summed E-state index contributed by atoms with van der Waals surface area (Å²) in [5.74, 6) is 0.188. The molecule has 2 aromatic carbocycles. The first kappa shape index (κ1) is 14.8. The van der Waals surface area contributed by atoms with Crippen LogP contribution in [0.4, 0.5) is 0 Å². The Hall–Kier alpha value is -1.64. The van der Waals surface area contributed by atoms with Crippen LogP contribution < -0.4 is 0 Å². The molecule has 0 amide bonds. The minimum absolute atomic E-state index is 0.188.